The first kappa shape index (κ1) is 23.5. The second kappa shape index (κ2) is 9.79. The lowest BCUT2D eigenvalue weighted by atomic mass is 10.1. The minimum atomic E-state index is -0.625. The fraction of sp³-hybridized carbons (Fsp3) is 0.440. The Morgan fingerprint density at radius 3 is 2.30 bits per heavy atom. The minimum absolute atomic E-state index is 0.122. The molecule has 0 heterocycles. The largest absolute Gasteiger partial charge is 0.483 e. The van der Waals surface area contributed by atoms with Gasteiger partial charge in [0.15, 0.2) is 6.61 Å². The van der Waals surface area contributed by atoms with E-state index in [1.165, 1.54) is 0 Å². The average molecular weight is 411 g/mol. The number of nitrogens with zero attached hydrogens (tertiary/aromatic N) is 1. The van der Waals surface area contributed by atoms with Crippen molar-refractivity contribution in [2.24, 2.45) is 0 Å². The summed E-state index contributed by atoms with van der Waals surface area (Å²) in [6, 6.07) is 13.2. The Morgan fingerprint density at radius 1 is 1.03 bits per heavy atom. The molecule has 162 valence electrons. The molecule has 0 aliphatic carbocycles. The normalized spacial score (nSPS) is 12.2. The monoisotopic (exact) mass is 410 g/mol. The number of benzene rings is 2. The van der Waals surface area contributed by atoms with Gasteiger partial charge in [-0.1, -0.05) is 47.5 Å². The minimum Gasteiger partial charge on any atom is -0.483 e. The van der Waals surface area contributed by atoms with E-state index in [0.717, 1.165) is 22.3 Å². The van der Waals surface area contributed by atoms with Crippen molar-refractivity contribution >= 4 is 11.8 Å². The van der Waals surface area contributed by atoms with Crippen LogP contribution in [-0.4, -0.2) is 34.9 Å². The van der Waals surface area contributed by atoms with Gasteiger partial charge in [0.2, 0.25) is 5.91 Å². The molecule has 2 aromatic rings. The van der Waals surface area contributed by atoms with Crippen LogP contribution in [0.3, 0.4) is 0 Å². The van der Waals surface area contributed by atoms with Crippen molar-refractivity contribution in [2.75, 3.05) is 6.61 Å². The van der Waals surface area contributed by atoms with Crippen LogP contribution in [0.1, 0.15) is 49.9 Å². The van der Waals surface area contributed by atoms with Gasteiger partial charge in [-0.2, -0.15) is 0 Å². The van der Waals surface area contributed by atoms with E-state index in [9.17, 15) is 9.59 Å². The maximum atomic E-state index is 13.1. The fourth-order valence-electron chi connectivity index (χ4n) is 3.25. The molecule has 2 amide bonds. The number of carbonyl (C=O) groups excluding carboxylic acids is 2. The molecule has 0 saturated carbocycles. The SMILES string of the molecule is Cc1cccc(CN(C(=O)COc2ccc(C)cc2C)[C@H](C)C(=O)NC(C)(C)C)c1. The summed E-state index contributed by atoms with van der Waals surface area (Å²) in [6.45, 7) is 13.7. The van der Waals surface area contributed by atoms with Crippen LogP contribution in [0.15, 0.2) is 42.5 Å². The molecular formula is C25H34N2O3. The van der Waals surface area contributed by atoms with E-state index in [2.05, 4.69) is 5.32 Å². The van der Waals surface area contributed by atoms with Crippen LogP contribution in [0.2, 0.25) is 0 Å². The molecule has 1 atom stereocenters. The maximum Gasteiger partial charge on any atom is 0.261 e. The molecule has 5 nitrogen and oxygen atoms in total. The van der Waals surface area contributed by atoms with Gasteiger partial charge < -0.3 is 15.0 Å². The molecule has 0 aliphatic heterocycles. The number of amides is 2. The van der Waals surface area contributed by atoms with Gasteiger partial charge in [0.1, 0.15) is 11.8 Å². The molecule has 0 saturated heterocycles. The third-order valence-corrected chi connectivity index (χ3v) is 4.78. The van der Waals surface area contributed by atoms with Crippen LogP contribution in [0.5, 0.6) is 5.75 Å². The molecule has 2 aromatic carbocycles. The van der Waals surface area contributed by atoms with Crippen LogP contribution >= 0.6 is 0 Å². The smallest absolute Gasteiger partial charge is 0.261 e. The predicted molar refractivity (Wildman–Crippen MR) is 120 cm³/mol. The van der Waals surface area contributed by atoms with E-state index >= 15 is 0 Å². The van der Waals surface area contributed by atoms with Crippen LogP contribution in [0, 0.1) is 20.8 Å². The van der Waals surface area contributed by atoms with E-state index in [1.54, 1.807) is 11.8 Å². The van der Waals surface area contributed by atoms with Crippen molar-refractivity contribution in [1.29, 1.82) is 0 Å². The van der Waals surface area contributed by atoms with Gasteiger partial charge in [-0.05, 0) is 65.7 Å². The lowest BCUT2D eigenvalue weighted by Crippen LogP contribution is -2.53. The lowest BCUT2D eigenvalue weighted by Gasteiger charge is -2.31. The van der Waals surface area contributed by atoms with E-state index in [1.807, 2.05) is 84.0 Å². The summed E-state index contributed by atoms with van der Waals surface area (Å²) in [4.78, 5) is 27.5. The predicted octanol–water partition coefficient (Wildman–Crippen LogP) is 4.32. The number of hydrogen-bond donors (Lipinski definition) is 1. The van der Waals surface area contributed by atoms with Crippen molar-refractivity contribution in [2.45, 2.75) is 66.6 Å². The Hall–Kier alpha value is -2.82. The third-order valence-electron chi connectivity index (χ3n) is 4.78. The van der Waals surface area contributed by atoms with Crippen LogP contribution < -0.4 is 10.1 Å². The highest BCUT2D eigenvalue weighted by Gasteiger charge is 2.28. The van der Waals surface area contributed by atoms with Crippen LogP contribution in [0.25, 0.3) is 0 Å². The molecule has 0 aromatic heterocycles. The van der Waals surface area contributed by atoms with E-state index in [4.69, 9.17) is 4.74 Å². The lowest BCUT2D eigenvalue weighted by molar-refractivity contribution is -0.142. The zero-order valence-corrected chi connectivity index (χ0v) is 19.2. The Balaban J connectivity index is 2.20. The molecular weight excluding hydrogens is 376 g/mol. The third kappa shape index (κ3) is 6.90. The zero-order valence-electron chi connectivity index (χ0n) is 19.2. The standard InChI is InChI=1S/C25H34N2O3/c1-17-9-8-10-21(14-17)15-27(20(4)24(29)26-25(5,6)7)23(28)16-30-22-12-11-18(2)13-19(22)3/h8-14,20H,15-16H2,1-7H3,(H,26,29)/t20-/m1/s1. The summed E-state index contributed by atoms with van der Waals surface area (Å²) in [5.41, 5.74) is 3.83. The Morgan fingerprint density at radius 2 is 1.70 bits per heavy atom. The van der Waals surface area contributed by atoms with Gasteiger partial charge in [0.25, 0.3) is 5.91 Å². The van der Waals surface area contributed by atoms with Crippen molar-refractivity contribution < 1.29 is 14.3 Å². The summed E-state index contributed by atoms with van der Waals surface area (Å²) in [6.07, 6.45) is 0. The Bertz CT molecular complexity index is 900. The van der Waals surface area contributed by atoms with Crippen molar-refractivity contribution in [1.82, 2.24) is 10.2 Å². The number of ether oxygens (including phenoxy) is 1. The van der Waals surface area contributed by atoms with Gasteiger partial charge >= 0.3 is 0 Å². The molecule has 2 rings (SSSR count). The molecule has 0 aliphatic rings. The highest BCUT2D eigenvalue weighted by Crippen LogP contribution is 2.19. The van der Waals surface area contributed by atoms with Gasteiger partial charge in [-0.3, -0.25) is 9.59 Å². The molecule has 0 spiro atoms. The van der Waals surface area contributed by atoms with E-state index < -0.39 is 6.04 Å². The van der Waals surface area contributed by atoms with E-state index in [0.29, 0.717) is 12.3 Å². The molecule has 30 heavy (non-hydrogen) atoms. The first-order valence-electron chi connectivity index (χ1n) is 10.3. The quantitative estimate of drug-likeness (QED) is 0.739. The Kier molecular flexibility index (Phi) is 7.65. The summed E-state index contributed by atoms with van der Waals surface area (Å²) in [5.74, 6) is 0.263. The topological polar surface area (TPSA) is 58.6 Å². The second-order valence-electron chi connectivity index (χ2n) is 8.98. The van der Waals surface area contributed by atoms with Gasteiger partial charge in [0.05, 0.1) is 0 Å². The van der Waals surface area contributed by atoms with Gasteiger partial charge in [-0.25, -0.2) is 0 Å². The number of carbonyl (C=O) groups is 2. The molecule has 1 N–H and O–H groups in total. The number of rotatable bonds is 7. The van der Waals surface area contributed by atoms with Crippen molar-refractivity contribution in [3.8, 4) is 5.75 Å². The van der Waals surface area contributed by atoms with Crippen LogP contribution in [-0.2, 0) is 16.1 Å². The first-order valence-corrected chi connectivity index (χ1v) is 10.3. The van der Waals surface area contributed by atoms with Crippen molar-refractivity contribution in [3.05, 3.63) is 64.7 Å². The Labute approximate surface area is 180 Å². The van der Waals surface area contributed by atoms with Gasteiger partial charge in [0, 0.05) is 12.1 Å². The van der Waals surface area contributed by atoms with Crippen LogP contribution in [0.4, 0.5) is 0 Å². The molecule has 0 fully saturated rings. The van der Waals surface area contributed by atoms with Crippen molar-refractivity contribution in [3.63, 3.8) is 0 Å². The summed E-state index contributed by atoms with van der Waals surface area (Å²) in [5, 5.41) is 2.97. The number of nitrogens with one attached hydrogen (secondary N) is 1. The zero-order chi connectivity index (χ0) is 22.5. The number of hydrogen-bond acceptors (Lipinski definition) is 3. The summed E-state index contributed by atoms with van der Waals surface area (Å²) < 4.78 is 5.80. The maximum absolute atomic E-state index is 13.1. The highest BCUT2D eigenvalue weighted by molar-refractivity contribution is 5.88. The summed E-state index contributed by atoms with van der Waals surface area (Å²) in [7, 11) is 0. The highest BCUT2D eigenvalue weighted by atomic mass is 16.5. The first-order chi connectivity index (χ1) is 14.0. The van der Waals surface area contributed by atoms with E-state index in [-0.39, 0.29) is 24.0 Å². The molecule has 5 heteroatoms. The van der Waals surface area contributed by atoms with Gasteiger partial charge in [-0.15, -0.1) is 0 Å². The molecule has 0 unspecified atom stereocenters. The average Bonchev–Trinajstić information content (AvgIpc) is 2.63. The number of aryl methyl sites for hydroxylation is 3. The fourth-order valence-corrected chi connectivity index (χ4v) is 3.25. The summed E-state index contributed by atoms with van der Waals surface area (Å²) >= 11 is 0. The molecule has 0 bridgehead atoms. The second-order valence-corrected chi connectivity index (χ2v) is 8.98. The molecule has 0 radical (unpaired) electrons.